The van der Waals surface area contributed by atoms with E-state index >= 15 is 0 Å². The van der Waals surface area contributed by atoms with E-state index < -0.39 is 13.8 Å². The summed E-state index contributed by atoms with van der Waals surface area (Å²) in [7, 11) is -3.34. The van der Waals surface area contributed by atoms with E-state index in [1.54, 1.807) is 18.2 Å². The fraction of sp³-hybridized carbons (Fsp3) is 0.222. The summed E-state index contributed by atoms with van der Waals surface area (Å²) in [4.78, 5) is 10.7. The van der Waals surface area contributed by atoms with Crippen LogP contribution < -0.4 is 0 Å². The van der Waals surface area contributed by atoms with E-state index in [2.05, 4.69) is 4.74 Å². The van der Waals surface area contributed by atoms with E-state index in [9.17, 15) is 13.2 Å². The fourth-order valence-corrected chi connectivity index (χ4v) is 2.31. The summed E-state index contributed by atoms with van der Waals surface area (Å²) in [6.07, 6.45) is 0. The van der Waals surface area contributed by atoms with Gasteiger partial charge in [-0.2, -0.15) is 0 Å². The van der Waals surface area contributed by atoms with Crippen LogP contribution in [0, 0.1) is 0 Å². The first kappa shape index (κ1) is 12.4. The van der Waals surface area contributed by atoms with Crippen LogP contribution in [0.2, 0.25) is 0 Å². The number of halogens is 1. The minimum Gasteiger partial charge on any atom is -0.457 e. The van der Waals surface area contributed by atoms with Crippen LogP contribution in [0.4, 0.5) is 4.79 Å². The van der Waals surface area contributed by atoms with Gasteiger partial charge >= 0.3 is 3.98 Å². The average molecular weight is 340 g/mol. The highest BCUT2D eigenvalue weighted by molar-refractivity contribution is 14.1. The molecule has 0 radical (unpaired) electrons. The van der Waals surface area contributed by atoms with E-state index in [0.29, 0.717) is 0 Å². The van der Waals surface area contributed by atoms with Crippen LogP contribution in [0.25, 0.3) is 0 Å². The van der Waals surface area contributed by atoms with E-state index in [0.717, 1.165) is 0 Å². The first-order valence-electron chi connectivity index (χ1n) is 4.12. The maximum absolute atomic E-state index is 11.6. The van der Waals surface area contributed by atoms with E-state index in [1.807, 2.05) is 0 Å². The standard InChI is InChI=1S/C9H9IO4S/c10-9(11)14-6-7-15(12,13)8-4-2-1-3-5-8/h1-5H,6-7H2. The molecule has 1 rings (SSSR count). The molecule has 0 unspecified atom stereocenters. The Labute approximate surface area is 102 Å². The van der Waals surface area contributed by atoms with Crippen molar-refractivity contribution in [2.75, 3.05) is 12.4 Å². The van der Waals surface area contributed by atoms with Gasteiger partial charge in [-0.3, -0.25) is 0 Å². The van der Waals surface area contributed by atoms with Crippen LogP contribution in [0.5, 0.6) is 0 Å². The Hall–Kier alpha value is -0.630. The Kier molecular flexibility index (Phi) is 4.52. The molecule has 1 aromatic rings. The van der Waals surface area contributed by atoms with Crippen molar-refractivity contribution in [3.63, 3.8) is 0 Å². The van der Waals surface area contributed by atoms with Gasteiger partial charge in [-0.25, -0.2) is 13.2 Å². The van der Waals surface area contributed by atoms with Gasteiger partial charge in [0.25, 0.3) is 0 Å². The Morgan fingerprint density at radius 2 is 1.87 bits per heavy atom. The van der Waals surface area contributed by atoms with Crippen molar-refractivity contribution < 1.29 is 17.9 Å². The molecule has 1 aromatic carbocycles. The summed E-state index contributed by atoms with van der Waals surface area (Å²) in [5.74, 6) is -0.189. The normalized spacial score (nSPS) is 11.0. The molecule has 0 amide bonds. The van der Waals surface area contributed by atoms with Crippen molar-refractivity contribution >= 4 is 36.4 Å². The zero-order chi connectivity index (χ0) is 11.3. The topological polar surface area (TPSA) is 60.4 Å². The number of carbonyl (C=O) groups excluding carboxylic acids is 1. The molecule has 0 spiro atoms. The minimum absolute atomic E-state index is 0.112. The number of sulfone groups is 1. The Morgan fingerprint density at radius 1 is 1.27 bits per heavy atom. The molecule has 0 aromatic heterocycles. The third kappa shape index (κ3) is 4.17. The van der Waals surface area contributed by atoms with Crippen molar-refractivity contribution in [2.24, 2.45) is 0 Å². The molecular weight excluding hydrogens is 331 g/mol. The predicted molar refractivity (Wildman–Crippen MR) is 63.9 cm³/mol. The van der Waals surface area contributed by atoms with E-state index in [-0.39, 0.29) is 17.3 Å². The molecule has 0 N–H and O–H groups in total. The number of hydrogen-bond donors (Lipinski definition) is 0. The van der Waals surface area contributed by atoms with Gasteiger partial charge in [0.15, 0.2) is 9.84 Å². The van der Waals surface area contributed by atoms with Gasteiger partial charge < -0.3 is 4.74 Å². The molecular formula is C9H9IO4S. The fourth-order valence-electron chi connectivity index (χ4n) is 0.977. The minimum atomic E-state index is -3.34. The predicted octanol–water partition coefficient (Wildman–Crippen LogP) is 2.03. The van der Waals surface area contributed by atoms with Gasteiger partial charge in [0.05, 0.1) is 33.2 Å². The van der Waals surface area contributed by atoms with Gasteiger partial charge in [0, 0.05) is 0 Å². The number of ether oxygens (including phenoxy) is 1. The Morgan fingerprint density at radius 3 is 2.40 bits per heavy atom. The average Bonchev–Trinajstić information content (AvgIpc) is 2.18. The lowest BCUT2D eigenvalue weighted by Crippen LogP contribution is -2.13. The zero-order valence-corrected chi connectivity index (χ0v) is 10.7. The quantitative estimate of drug-likeness (QED) is 0.622. The smallest absolute Gasteiger partial charge is 0.367 e. The summed E-state index contributed by atoms with van der Waals surface area (Å²) in [5.41, 5.74) is 0. The Balaban J connectivity index is 2.65. The molecule has 15 heavy (non-hydrogen) atoms. The van der Waals surface area contributed by atoms with Crippen molar-refractivity contribution in [1.82, 2.24) is 0 Å². The lowest BCUT2D eigenvalue weighted by atomic mass is 10.4. The summed E-state index contributed by atoms with van der Waals surface area (Å²) < 4.78 is 27.3. The van der Waals surface area contributed by atoms with Crippen molar-refractivity contribution in [2.45, 2.75) is 4.90 Å². The second-order valence-electron chi connectivity index (χ2n) is 2.72. The first-order valence-corrected chi connectivity index (χ1v) is 6.85. The van der Waals surface area contributed by atoms with Crippen molar-refractivity contribution in [3.8, 4) is 0 Å². The van der Waals surface area contributed by atoms with Gasteiger partial charge in [-0.05, 0) is 12.1 Å². The van der Waals surface area contributed by atoms with Gasteiger partial charge in [0.1, 0.15) is 6.61 Å². The molecule has 0 fully saturated rings. The number of rotatable bonds is 4. The number of benzene rings is 1. The first-order chi connectivity index (χ1) is 7.02. The maximum atomic E-state index is 11.6. The van der Waals surface area contributed by atoms with E-state index in [4.69, 9.17) is 0 Å². The highest BCUT2D eigenvalue weighted by Gasteiger charge is 2.13. The molecule has 0 aliphatic rings. The van der Waals surface area contributed by atoms with Crippen LogP contribution in [0.3, 0.4) is 0 Å². The molecule has 0 saturated carbocycles. The van der Waals surface area contributed by atoms with Crippen molar-refractivity contribution in [1.29, 1.82) is 0 Å². The molecule has 0 heterocycles. The van der Waals surface area contributed by atoms with Crippen LogP contribution in [-0.4, -0.2) is 24.8 Å². The number of hydrogen-bond acceptors (Lipinski definition) is 4. The molecule has 0 bridgehead atoms. The third-order valence-electron chi connectivity index (χ3n) is 1.67. The van der Waals surface area contributed by atoms with Crippen molar-refractivity contribution in [3.05, 3.63) is 30.3 Å². The second kappa shape index (κ2) is 5.45. The second-order valence-corrected chi connectivity index (χ2v) is 5.71. The lowest BCUT2D eigenvalue weighted by Gasteiger charge is -2.03. The Bertz CT molecular complexity index is 427. The van der Waals surface area contributed by atoms with Crippen LogP contribution in [0.15, 0.2) is 35.2 Å². The molecule has 82 valence electrons. The summed E-state index contributed by atoms with van der Waals surface area (Å²) >= 11 is 1.45. The van der Waals surface area contributed by atoms with Crippen LogP contribution in [-0.2, 0) is 14.6 Å². The summed E-state index contributed by atoms with van der Waals surface area (Å²) in [5, 5.41) is 0. The monoisotopic (exact) mass is 340 g/mol. The molecule has 0 aliphatic heterocycles. The zero-order valence-electron chi connectivity index (χ0n) is 7.72. The van der Waals surface area contributed by atoms with Gasteiger partial charge in [0.2, 0.25) is 0 Å². The van der Waals surface area contributed by atoms with Crippen LogP contribution >= 0.6 is 22.6 Å². The highest BCUT2D eigenvalue weighted by atomic mass is 127. The van der Waals surface area contributed by atoms with Crippen LogP contribution in [0.1, 0.15) is 0 Å². The molecule has 4 nitrogen and oxygen atoms in total. The summed E-state index contributed by atoms with van der Waals surface area (Å²) in [6, 6.07) is 8.07. The molecule has 0 saturated heterocycles. The molecule has 0 atom stereocenters. The highest BCUT2D eigenvalue weighted by Crippen LogP contribution is 2.09. The summed E-state index contributed by atoms with van der Waals surface area (Å²) in [6.45, 7) is -0.112. The third-order valence-corrected chi connectivity index (χ3v) is 3.68. The SMILES string of the molecule is O=C(I)OCCS(=O)(=O)c1ccccc1. The largest absolute Gasteiger partial charge is 0.457 e. The van der Waals surface area contributed by atoms with Gasteiger partial charge in [-0.15, -0.1) is 0 Å². The lowest BCUT2D eigenvalue weighted by molar-refractivity contribution is 0.186. The van der Waals surface area contributed by atoms with E-state index in [1.165, 1.54) is 34.7 Å². The number of carbonyl (C=O) groups is 1. The molecule has 6 heteroatoms. The maximum Gasteiger partial charge on any atom is 0.367 e. The molecule has 0 aliphatic carbocycles. The van der Waals surface area contributed by atoms with Gasteiger partial charge in [-0.1, -0.05) is 18.2 Å².